The lowest BCUT2D eigenvalue weighted by molar-refractivity contribution is 1.08. The molecule has 3 heterocycles. The highest BCUT2D eigenvalue weighted by Gasteiger charge is 2.03. The van der Waals surface area contributed by atoms with E-state index in [4.69, 9.17) is 5.73 Å². The quantitative estimate of drug-likeness (QED) is 0.630. The van der Waals surface area contributed by atoms with Crippen LogP contribution in [0.15, 0.2) is 36.8 Å². The number of nitrogens with zero attached hydrogens (tertiary/aromatic N) is 3. The van der Waals surface area contributed by atoms with Crippen molar-refractivity contribution in [3.8, 4) is 0 Å². The van der Waals surface area contributed by atoms with Crippen molar-refractivity contribution in [2.75, 3.05) is 11.1 Å². The second kappa shape index (κ2) is 3.82. The molecule has 0 saturated heterocycles. The molecule has 0 aliphatic heterocycles. The van der Waals surface area contributed by atoms with Crippen molar-refractivity contribution in [1.82, 2.24) is 19.6 Å². The minimum atomic E-state index is 0.593. The third-order valence-electron chi connectivity index (χ3n) is 2.64. The summed E-state index contributed by atoms with van der Waals surface area (Å²) in [4.78, 5) is 4.22. The number of H-pyrrole nitrogens is 1. The second-order valence-electron chi connectivity index (χ2n) is 3.73. The highest BCUT2D eigenvalue weighted by molar-refractivity contribution is 5.50. The van der Waals surface area contributed by atoms with Gasteiger partial charge in [0.15, 0.2) is 0 Å². The van der Waals surface area contributed by atoms with Crippen LogP contribution in [0.25, 0.3) is 5.65 Å². The van der Waals surface area contributed by atoms with Crippen molar-refractivity contribution in [3.05, 3.63) is 42.4 Å². The Kier molecular flexibility index (Phi) is 2.18. The average molecular weight is 228 g/mol. The van der Waals surface area contributed by atoms with Crippen LogP contribution in [0.3, 0.4) is 0 Å². The number of nitrogens with one attached hydrogen (secondary N) is 2. The summed E-state index contributed by atoms with van der Waals surface area (Å²) >= 11 is 0. The molecule has 0 saturated carbocycles. The van der Waals surface area contributed by atoms with E-state index < -0.39 is 0 Å². The van der Waals surface area contributed by atoms with Crippen molar-refractivity contribution in [2.24, 2.45) is 0 Å². The Bertz CT molecular complexity index is 638. The summed E-state index contributed by atoms with van der Waals surface area (Å²) in [7, 11) is 0. The Morgan fingerprint density at radius 3 is 3.18 bits per heavy atom. The number of rotatable bonds is 3. The maximum atomic E-state index is 5.72. The van der Waals surface area contributed by atoms with Crippen LogP contribution in [0.5, 0.6) is 0 Å². The predicted octanol–water partition coefficient (Wildman–Crippen LogP) is 1.25. The maximum absolute atomic E-state index is 5.72. The molecular weight excluding hydrogens is 216 g/mol. The molecule has 0 atom stereocenters. The van der Waals surface area contributed by atoms with Crippen molar-refractivity contribution in [1.29, 1.82) is 0 Å². The summed E-state index contributed by atoms with van der Waals surface area (Å²) in [5.41, 5.74) is 7.58. The van der Waals surface area contributed by atoms with Crippen LogP contribution in [-0.2, 0) is 6.54 Å². The molecule has 6 nitrogen and oxygen atoms in total. The molecule has 3 aromatic heterocycles. The lowest BCUT2D eigenvalue weighted by Crippen LogP contribution is -2.04. The zero-order valence-electron chi connectivity index (χ0n) is 9.09. The molecule has 3 aromatic rings. The van der Waals surface area contributed by atoms with Gasteiger partial charge in [-0.15, -0.1) is 0 Å². The number of aromatic amines is 1. The first-order valence-corrected chi connectivity index (χ1v) is 5.28. The van der Waals surface area contributed by atoms with Gasteiger partial charge in [0.2, 0.25) is 0 Å². The number of hydrogen-bond donors (Lipinski definition) is 3. The van der Waals surface area contributed by atoms with E-state index in [1.165, 1.54) is 0 Å². The molecule has 3 rings (SSSR count). The Morgan fingerprint density at radius 2 is 2.35 bits per heavy atom. The van der Waals surface area contributed by atoms with E-state index >= 15 is 0 Å². The Morgan fingerprint density at radius 1 is 1.41 bits per heavy atom. The van der Waals surface area contributed by atoms with Crippen LogP contribution < -0.4 is 11.1 Å². The van der Waals surface area contributed by atoms with E-state index in [2.05, 4.69) is 20.5 Å². The van der Waals surface area contributed by atoms with Gasteiger partial charge >= 0.3 is 0 Å². The van der Waals surface area contributed by atoms with Gasteiger partial charge in [0.05, 0.1) is 6.20 Å². The molecule has 0 spiro atoms. The van der Waals surface area contributed by atoms with E-state index in [0.29, 0.717) is 12.4 Å². The zero-order chi connectivity index (χ0) is 11.7. The predicted molar refractivity (Wildman–Crippen MR) is 65.5 cm³/mol. The first-order chi connectivity index (χ1) is 8.34. The van der Waals surface area contributed by atoms with E-state index in [9.17, 15) is 0 Å². The topological polar surface area (TPSA) is 84.0 Å². The molecule has 0 amide bonds. The van der Waals surface area contributed by atoms with Crippen LogP contribution in [0.4, 0.5) is 11.6 Å². The van der Waals surface area contributed by atoms with Gasteiger partial charge in [-0.25, -0.2) is 4.98 Å². The van der Waals surface area contributed by atoms with Crippen LogP contribution in [0.2, 0.25) is 0 Å². The minimum absolute atomic E-state index is 0.593. The zero-order valence-corrected chi connectivity index (χ0v) is 9.09. The van der Waals surface area contributed by atoms with Gasteiger partial charge in [-0.05, 0) is 12.1 Å². The highest BCUT2D eigenvalue weighted by Crippen LogP contribution is 2.13. The lowest BCUT2D eigenvalue weighted by Gasteiger charge is -2.07. The molecule has 0 bridgehead atoms. The van der Waals surface area contributed by atoms with Crippen molar-refractivity contribution >= 4 is 17.3 Å². The molecule has 0 aliphatic carbocycles. The fraction of sp³-hybridized carbons (Fsp3) is 0.0909. The summed E-state index contributed by atoms with van der Waals surface area (Å²) < 4.78 is 1.98. The second-order valence-corrected chi connectivity index (χ2v) is 3.73. The van der Waals surface area contributed by atoms with Gasteiger partial charge in [0.25, 0.3) is 0 Å². The number of imidazole rings is 1. The van der Waals surface area contributed by atoms with Gasteiger partial charge in [0.1, 0.15) is 17.3 Å². The number of pyridine rings is 1. The van der Waals surface area contributed by atoms with Crippen LogP contribution in [0.1, 0.15) is 5.56 Å². The number of anilines is 2. The maximum Gasteiger partial charge on any atom is 0.138 e. The normalized spacial score (nSPS) is 10.8. The Labute approximate surface area is 97.5 Å². The van der Waals surface area contributed by atoms with Gasteiger partial charge in [0, 0.05) is 24.5 Å². The molecule has 86 valence electrons. The first-order valence-electron chi connectivity index (χ1n) is 5.28. The third kappa shape index (κ3) is 1.69. The summed E-state index contributed by atoms with van der Waals surface area (Å²) in [6, 6.07) is 5.91. The molecule has 0 aliphatic rings. The fourth-order valence-corrected chi connectivity index (χ4v) is 1.74. The minimum Gasteiger partial charge on any atom is -0.384 e. The molecule has 0 aromatic carbocycles. The molecule has 0 fully saturated rings. The standard InChI is InChI=1S/C11H12N6/c12-11-8(7-15-16-11)6-14-10-3-1-2-9-13-4-5-17(9)10/h1-5,7,14H,6H2,(H3,12,15,16). The molecule has 4 N–H and O–H groups in total. The van der Waals surface area contributed by atoms with Gasteiger partial charge in [-0.1, -0.05) is 6.07 Å². The van der Waals surface area contributed by atoms with Crippen LogP contribution in [0, 0.1) is 0 Å². The fourth-order valence-electron chi connectivity index (χ4n) is 1.74. The van der Waals surface area contributed by atoms with Gasteiger partial charge < -0.3 is 11.1 Å². The number of hydrogen-bond acceptors (Lipinski definition) is 4. The molecule has 0 unspecified atom stereocenters. The molecule has 0 radical (unpaired) electrons. The Balaban J connectivity index is 1.86. The number of aromatic nitrogens is 4. The number of nitrogens with two attached hydrogens (primary N) is 1. The van der Waals surface area contributed by atoms with E-state index in [1.54, 1.807) is 12.4 Å². The summed E-state index contributed by atoms with van der Waals surface area (Å²) in [5, 5.41) is 9.88. The molecule has 6 heteroatoms. The largest absolute Gasteiger partial charge is 0.384 e. The smallest absolute Gasteiger partial charge is 0.138 e. The Hall–Kier alpha value is -2.50. The SMILES string of the molecule is Nc1[nH]ncc1CNc1cccc2nccn12. The van der Waals surface area contributed by atoms with Crippen molar-refractivity contribution in [3.63, 3.8) is 0 Å². The van der Waals surface area contributed by atoms with E-state index in [-0.39, 0.29) is 0 Å². The molecular formula is C11H12N6. The monoisotopic (exact) mass is 228 g/mol. The number of nitrogen functional groups attached to an aromatic ring is 1. The van der Waals surface area contributed by atoms with Gasteiger partial charge in [-0.3, -0.25) is 9.50 Å². The van der Waals surface area contributed by atoms with E-state index in [1.807, 2.05) is 28.8 Å². The van der Waals surface area contributed by atoms with E-state index in [0.717, 1.165) is 17.0 Å². The number of fused-ring (bicyclic) bond motifs is 1. The van der Waals surface area contributed by atoms with Gasteiger partial charge in [-0.2, -0.15) is 5.10 Å². The van der Waals surface area contributed by atoms with Crippen molar-refractivity contribution in [2.45, 2.75) is 6.54 Å². The average Bonchev–Trinajstić information content (AvgIpc) is 2.95. The lowest BCUT2D eigenvalue weighted by atomic mass is 10.3. The first kappa shape index (κ1) is 9.71. The highest BCUT2D eigenvalue weighted by atomic mass is 15.2. The summed E-state index contributed by atoms with van der Waals surface area (Å²) in [5.74, 6) is 1.57. The van der Waals surface area contributed by atoms with Crippen molar-refractivity contribution < 1.29 is 0 Å². The summed E-state index contributed by atoms with van der Waals surface area (Å²) in [6.07, 6.45) is 5.40. The van der Waals surface area contributed by atoms with Crippen LogP contribution in [-0.4, -0.2) is 19.6 Å². The van der Waals surface area contributed by atoms with Crippen LogP contribution >= 0.6 is 0 Å². The third-order valence-corrected chi connectivity index (χ3v) is 2.64. The summed E-state index contributed by atoms with van der Waals surface area (Å²) in [6.45, 7) is 0.625. The molecule has 17 heavy (non-hydrogen) atoms.